The molecule has 1 aromatic heterocycles. The molecule has 0 unspecified atom stereocenters. The zero-order chi connectivity index (χ0) is 15.0. The zero-order valence-electron chi connectivity index (χ0n) is 12.3. The van der Waals surface area contributed by atoms with Crippen LogP contribution in [0, 0.1) is 13.8 Å². The van der Waals surface area contributed by atoms with Gasteiger partial charge in [0.2, 0.25) is 5.88 Å². The van der Waals surface area contributed by atoms with E-state index in [1.54, 1.807) is 7.11 Å². The maximum Gasteiger partial charge on any atom is 0.222 e. The minimum Gasteiger partial charge on any atom is -0.481 e. The summed E-state index contributed by atoms with van der Waals surface area (Å²) in [4.78, 5) is 4.67. The van der Waals surface area contributed by atoms with Crippen molar-refractivity contribution in [1.29, 1.82) is 0 Å². The highest BCUT2D eigenvalue weighted by Gasteiger charge is 2.11. The second-order valence-corrected chi connectivity index (χ2v) is 6.01. The van der Waals surface area contributed by atoms with E-state index >= 15 is 0 Å². The Hall–Kier alpha value is -1.87. The molecule has 0 amide bonds. The van der Waals surface area contributed by atoms with Crippen molar-refractivity contribution in [2.24, 2.45) is 0 Å². The van der Waals surface area contributed by atoms with Gasteiger partial charge in [-0.05, 0) is 64.5 Å². The lowest BCUT2D eigenvalue weighted by atomic mass is 10.0. The van der Waals surface area contributed by atoms with E-state index in [-0.39, 0.29) is 0 Å². The van der Waals surface area contributed by atoms with Crippen LogP contribution < -0.4 is 4.74 Å². The van der Waals surface area contributed by atoms with Crippen LogP contribution in [0.3, 0.4) is 0 Å². The Bertz CT molecular complexity index is 827. The SMILES string of the molecule is COc1nc(-c2ccc(C)c(C)c2)cc2cccc(Br)c12. The van der Waals surface area contributed by atoms with E-state index in [1.165, 1.54) is 11.1 Å². The van der Waals surface area contributed by atoms with E-state index in [1.807, 2.05) is 12.1 Å². The number of benzene rings is 2. The van der Waals surface area contributed by atoms with Crippen LogP contribution in [-0.2, 0) is 0 Å². The first kappa shape index (κ1) is 14.1. The Balaban J connectivity index is 2.26. The Morgan fingerprint density at radius 2 is 1.81 bits per heavy atom. The third-order valence-corrected chi connectivity index (χ3v) is 4.43. The van der Waals surface area contributed by atoms with Gasteiger partial charge < -0.3 is 4.74 Å². The molecular weight excluding hydrogens is 326 g/mol. The molecule has 0 aliphatic carbocycles. The highest BCUT2D eigenvalue weighted by molar-refractivity contribution is 9.10. The van der Waals surface area contributed by atoms with E-state index in [2.05, 4.69) is 65.1 Å². The number of rotatable bonds is 2. The third kappa shape index (κ3) is 2.54. The molecule has 0 fully saturated rings. The average Bonchev–Trinajstić information content (AvgIpc) is 2.49. The van der Waals surface area contributed by atoms with E-state index in [0.717, 1.165) is 26.5 Å². The van der Waals surface area contributed by atoms with E-state index < -0.39 is 0 Å². The van der Waals surface area contributed by atoms with Crippen molar-refractivity contribution >= 4 is 26.7 Å². The van der Waals surface area contributed by atoms with Crippen LogP contribution in [0.4, 0.5) is 0 Å². The van der Waals surface area contributed by atoms with Gasteiger partial charge in [-0.3, -0.25) is 0 Å². The number of aryl methyl sites for hydroxylation is 2. The fourth-order valence-corrected chi connectivity index (χ4v) is 2.98. The van der Waals surface area contributed by atoms with Crippen molar-refractivity contribution in [3.05, 3.63) is 58.1 Å². The van der Waals surface area contributed by atoms with Gasteiger partial charge in [0.15, 0.2) is 0 Å². The minimum atomic E-state index is 0.646. The standard InChI is InChI=1S/C18H16BrNO/c1-11-7-8-13(9-12(11)2)16-10-14-5-4-6-15(19)17(14)18(20-16)21-3/h4-10H,1-3H3. The summed E-state index contributed by atoms with van der Waals surface area (Å²) < 4.78 is 6.48. The van der Waals surface area contributed by atoms with Crippen molar-refractivity contribution < 1.29 is 4.74 Å². The van der Waals surface area contributed by atoms with Crippen LogP contribution in [0.2, 0.25) is 0 Å². The maximum absolute atomic E-state index is 5.48. The first-order valence-corrected chi connectivity index (χ1v) is 7.60. The molecule has 0 aliphatic heterocycles. The Labute approximate surface area is 132 Å². The molecule has 0 atom stereocenters. The fourth-order valence-electron chi connectivity index (χ4n) is 2.43. The topological polar surface area (TPSA) is 22.1 Å². The largest absolute Gasteiger partial charge is 0.481 e. The second-order valence-electron chi connectivity index (χ2n) is 5.15. The Kier molecular flexibility index (Phi) is 3.68. The number of halogens is 1. The smallest absolute Gasteiger partial charge is 0.222 e. The zero-order valence-corrected chi connectivity index (χ0v) is 13.9. The molecule has 0 bridgehead atoms. The molecule has 3 heteroatoms. The van der Waals surface area contributed by atoms with Gasteiger partial charge in [0, 0.05) is 10.0 Å². The Morgan fingerprint density at radius 1 is 1.00 bits per heavy atom. The predicted molar refractivity (Wildman–Crippen MR) is 90.9 cm³/mol. The van der Waals surface area contributed by atoms with E-state index in [4.69, 9.17) is 4.74 Å². The molecule has 0 aliphatic rings. The van der Waals surface area contributed by atoms with Gasteiger partial charge in [-0.15, -0.1) is 0 Å². The molecule has 0 saturated heterocycles. The van der Waals surface area contributed by atoms with E-state index in [9.17, 15) is 0 Å². The highest BCUT2D eigenvalue weighted by atomic mass is 79.9. The van der Waals surface area contributed by atoms with E-state index in [0.29, 0.717) is 5.88 Å². The normalized spacial score (nSPS) is 10.9. The van der Waals surface area contributed by atoms with Gasteiger partial charge >= 0.3 is 0 Å². The quantitative estimate of drug-likeness (QED) is 0.631. The number of fused-ring (bicyclic) bond motifs is 1. The van der Waals surface area contributed by atoms with Crippen molar-refractivity contribution in [1.82, 2.24) is 4.98 Å². The number of aromatic nitrogens is 1. The highest BCUT2D eigenvalue weighted by Crippen LogP contribution is 2.34. The van der Waals surface area contributed by atoms with Gasteiger partial charge in [-0.25, -0.2) is 4.98 Å². The summed E-state index contributed by atoms with van der Waals surface area (Å²) >= 11 is 3.57. The van der Waals surface area contributed by atoms with Crippen LogP contribution in [0.1, 0.15) is 11.1 Å². The van der Waals surface area contributed by atoms with Gasteiger partial charge in [-0.2, -0.15) is 0 Å². The van der Waals surface area contributed by atoms with Crippen molar-refractivity contribution in [3.63, 3.8) is 0 Å². The molecule has 2 aromatic carbocycles. The number of ether oxygens (including phenoxy) is 1. The molecule has 3 rings (SSSR count). The van der Waals surface area contributed by atoms with Crippen LogP contribution in [-0.4, -0.2) is 12.1 Å². The molecule has 106 valence electrons. The van der Waals surface area contributed by atoms with Crippen molar-refractivity contribution in [2.45, 2.75) is 13.8 Å². The van der Waals surface area contributed by atoms with Gasteiger partial charge in [0.25, 0.3) is 0 Å². The summed E-state index contributed by atoms with van der Waals surface area (Å²) in [5, 5.41) is 2.12. The van der Waals surface area contributed by atoms with Crippen LogP contribution in [0.15, 0.2) is 46.9 Å². The van der Waals surface area contributed by atoms with Gasteiger partial charge in [0.05, 0.1) is 18.2 Å². The molecule has 0 saturated carbocycles. The first-order valence-electron chi connectivity index (χ1n) is 6.81. The summed E-state index contributed by atoms with van der Waals surface area (Å²) in [7, 11) is 1.66. The number of pyridine rings is 1. The lowest BCUT2D eigenvalue weighted by molar-refractivity contribution is 0.404. The fraction of sp³-hybridized carbons (Fsp3) is 0.167. The molecule has 1 heterocycles. The molecule has 2 nitrogen and oxygen atoms in total. The minimum absolute atomic E-state index is 0.646. The van der Waals surface area contributed by atoms with Crippen molar-refractivity contribution in [3.8, 4) is 17.1 Å². The lowest BCUT2D eigenvalue weighted by Gasteiger charge is -2.11. The summed E-state index contributed by atoms with van der Waals surface area (Å²) in [5.41, 5.74) is 4.59. The Morgan fingerprint density at radius 3 is 2.52 bits per heavy atom. The second kappa shape index (κ2) is 5.49. The number of nitrogens with zero attached hydrogens (tertiary/aromatic N) is 1. The molecular formula is C18H16BrNO. The van der Waals surface area contributed by atoms with Gasteiger partial charge in [-0.1, -0.05) is 24.3 Å². The number of hydrogen-bond donors (Lipinski definition) is 0. The number of hydrogen-bond acceptors (Lipinski definition) is 2. The third-order valence-electron chi connectivity index (χ3n) is 3.77. The molecule has 0 N–H and O–H groups in total. The lowest BCUT2D eigenvalue weighted by Crippen LogP contribution is -1.94. The first-order chi connectivity index (χ1) is 10.1. The summed E-state index contributed by atoms with van der Waals surface area (Å²) in [6.07, 6.45) is 0. The summed E-state index contributed by atoms with van der Waals surface area (Å²) in [6.45, 7) is 4.23. The maximum atomic E-state index is 5.48. The van der Waals surface area contributed by atoms with Crippen LogP contribution in [0.5, 0.6) is 5.88 Å². The monoisotopic (exact) mass is 341 g/mol. The average molecular weight is 342 g/mol. The molecule has 0 spiro atoms. The molecule has 3 aromatic rings. The molecule has 0 radical (unpaired) electrons. The summed E-state index contributed by atoms with van der Waals surface area (Å²) in [6, 6.07) is 14.6. The predicted octanol–water partition coefficient (Wildman–Crippen LogP) is 5.29. The van der Waals surface area contributed by atoms with Crippen LogP contribution in [0.25, 0.3) is 22.0 Å². The summed E-state index contributed by atoms with van der Waals surface area (Å²) in [5.74, 6) is 0.646. The van der Waals surface area contributed by atoms with Gasteiger partial charge in [0.1, 0.15) is 0 Å². The number of methoxy groups -OCH3 is 1. The van der Waals surface area contributed by atoms with Crippen molar-refractivity contribution in [2.75, 3.05) is 7.11 Å². The van der Waals surface area contributed by atoms with Crippen LogP contribution >= 0.6 is 15.9 Å². The molecule has 21 heavy (non-hydrogen) atoms.